The van der Waals surface area contributed by atoms with E-state index in [1.54, 1.807) is 0 Å². The molecule has 1 N–H and O–H groups in total. The van der Waals surface area contributed by atoms with Crippen LogP contribution in [0.2, 0.25) is 0 Å². The van der Waals surface area contributed by atoms with Crippen LogP contribution < -0.4 is 5.32 Å². The number of hydrogen-bond acceptors (Lipinski definition) is 2. The Hall–Kier alpha value is -1.31. The van der Waals surface area contributed by atoms with Gasteiger partial charge in [0.05, 0.1) is 0 Å². The van der Waals surface area contributed by atoms with Crippen LogP contribution in [0.25, 0.3) is 0 Å². The molecule has 0 spiro atoms. The number of nitrogens with one attached hydrogen (secondary N) is 1. The van der Waals surface area contributed by atoms with E-state index in [1.807, 2.05) is 0 Å². The van der Waals surface area contributed by atoms with Gasteiger partial charge in [-0.2, -0.15) is 0 Å². The zero-order chi connectivity index (χ0) is 9.97. The van der Waals surface area contributed by atoms with Crippen LogP contribution in [0.4, 0.5) is 5.69 Å². The number of anilines is 1. The molecule has 0 amide bonds. The number of Topliss-reactive ketones (excluding diaryl/α,β-unsaturated/α-hetero) is 1. The lowest BCUT2D eigenvalue weighted by molar-refractivity contribution is -0.118. The number of benzene rings is 1. The van der Waals surface area contributed by atoms with Gasteiger partial charge in [-0.1, -0.05) is 19.1 Å². The highest BCUT2D eigenvalue weighted by atomic mass is 16.1. The fourth-order valence-corrected chi connectivity index (χ4v) is 1.82. The summed E-state index contributed by atoms with van der Waals surface area (Å²) in [5.74, 6) is 0.338. The molecule has 2 heteroatoms. The van der Waals surface area contributed by atoms with Gasteiger partial charge in [0.25, 0.3) is 0 Å². The minimum absolute atomic E-state index is 0.338. The van der Waals surface area contributed by atoms with Crippen LogP contribution in [0, 0.1) is 0 Å². The van der Waals surface area contributed by atoms with Gasteiger partial charge in [-0.3, -0.25) is 4.79 Å². The van der Waals surface area contributed by atoms with Gasteiger partial charge < -0.3 is 5.32 Å². The zero-order valence-corrected chi connectivity index (χ0v) is 8.47. The summed E-state index contributed by atoms with van der Waals surface area (Å²) in [6, 6.07) is 6.36. The summed E-state index contributed by atoms with van der Waals surface area (Å²) in [5.41, 5.74) is 3.60. The maximum Gasteiger partial charge on any atom is 0.139 e. The molecule has 1 aliphatic rings. The largest absolute Gasteiger partial charge is 0.384 e. The van der Waals surface area contributed by atoms with E-state index in [0.29, 0.717) is 18.6 Å². The first kappa shape index (κ1) is 9.25. The van der Waals surface area contributed by atoms with Crippen molar-refractivity contribution in [2.75, 3.05) is 11.9 Å². The predicted octanol–water partition coefficient (Wildman–Crippen LogP) is 2.18. The molecule has 0 aliphatic carbocycles. The molecule has 1 aromatic rings. The van der Waals surface area contributed by atoms with Crippen molar-refractivity contribution in [3.05, 3.63) is 29.3 Å². The van der Waals surface area contributed by atoms with E-state index in [4.69, 9.17) is 0 Å². The molecule has 0 bridgehead atoms. The molecule has 74 valence electrons. The van der Waals surface area contributed by atoms with Gasteiger partial charge in [0, 0.05) is 25.1 Å². The minimum Gasteiger partial charge on any atom is -0.384 e. The second-order valence-electron chi connectivity index (χ2n) is 3.74. The molecule has 0 saturated carbocycles. The van der Waals surface area contributed by atoms with Crippen molar-refractivity contribution < 1.29 is 4.79 Å². The van der Waals surface area contributed by atoms with Crippen molar-refractivity contribution in [3.8, 4) is 0 Å². The normalized spacial score (nSPS) is 15.6. The van der Waals surface area contributed by atoms with E-state index in [2.05, 4.69) is 30.4 Å². The lowest BCUT2D eigenvalue weighted by Crippen LogP contribution is -2.03. The van der Waals surface area contributed by atoms with E-state index < -0.39 is 0 Å². The van der Waals surface area contributed by atoms with E-state index in [-0.39, 0.29) is 0 Å². The quantitative estimate of drug-likeness (QED) is 0.733. The molecule has 0 fully saturated rings. The second kappa shape index (κ2) is 3.82. The molecule has 0 aromatic heterocycles. The average molecular weight is 189 g/mol. The number of carbonyl (C=O) groups excluding carboxylic acids is 1. The fourth-order valence-electron chi connectivity index (χ4n) is 1.82. The number of carbonyl (C=O) groups is 1. The number of aryl methyl sites for hydroxylation is 1. The van der Waals surface area contributed by atoms with Crippen LogP contribution >= 0.6 is 0 Å². The Morgan fingerprint density at radius 1 is 1.43 bits per heavy atom. The molecule has 0 unspecified atom stereocenters. The molecule has 1 heterocycles. The summed E-state index contributed by atoms with van der Waals surface area (Å²) in [6.07, 6.45) is 2.27. The van der Waals surface area contributed by atoms with E-state index in [0.717, 1.165) is 24.2 Å². The van der Waals surface area contributed by atoms with Crippen molar-refractivity contribution in [2.24, 2.45) is 0 Å². The van der Waals surface area contributed by atoms with Crippen LogP contribution in [0.5, 0.6) is 0 Å². The van der Waals surface area contributed by atoms with Crippen molar-refractivity contribution in [3.63, 3.8) is 0 Å². The summed E-state index contributed by atoms with van der Waals surface area (Å²) in [6.45, 7) is 2.91. The lowest BCUT2D eigenvalue weighted by Gasteiger charge is -2.08. The first-order chi connectivity index (χ1) is 6.79. The number of hydrogen-bond donors (Lipinski definition) is 1. The summed E-state index contributed by atoms with van der Waals surface area (Å²) in [4.78, 5) is 11.4. The summed E-state index contributed by atoms with van der Waals surface area (Å²) in [7, 11) is 0. The zero-order valence-electron chi connectivity index (χ0n) is 8.47. The number of ketones is 1. The van der Waals surface area contributed by atoms with Gasteiger partial charge in [0.1, 0.15) is 5.78 Å². The summed E-state index contributed by atoms with van der Waals surface area (Å²) < 4.78 is 0. The van der Waals surface area contributed by atoms with Crippen molar-refractivity contribution in [1.82, 2.24) is 0 Å². The first-order valence-corrected chi connectivity index (χ1v) is 5.17. The van der Waals surface area contributed by atoms with Gasteiger partial charge in [-0.05, 0) is 23.6 Å². The minimum atomic E-state index is 0.338. The lowest BCUT2D eigenvalue weighted by atomic mass is 10.0. The Labute approximate surface area is 84.3 Å². The molecule has 0 saturated heterocycles. The maximum absolute atomic E-state index is 11.4. The highest BCUT2D eigenvalue weighted by molar-refractivity contribution is 5.84. The average Bonchev–Trinajstić information content (AvgIpc) is 2.37. The molecular weight excluding hydrogens is 174 g/mol. The van der Waals surface area contributed by atoms with E-state index in [9.17, 15) is 4.79 Å². The SMILES string of the molecule is CCc1ccc2c(c1)CC(=O)CCN2. The van der Waals surface area contributed by atoms with Gasteiger partial charge in [0.15, 0.2) is 0 Å². The third-order valence-corrected chi connectivity index (χ3v) is 2.68. The van der Waals surface area contributed by atoms with Crippen molar-refractivity contribution in [2.45, 2.75) is 26.2 Å². The van der Waals surface area contributed by atoms with E-state index in [1.165, 1.54) is 5.56 Å². The summed E-state index contributed by atoms with van der Waals surface area (Å²) in [5, 5.41) is 3.29. The maximum atomic E-state index is 11.4. The molecule has 1 aromatic carbocycles. The van der Waals surface area contributed by atoms with Crippen LogP contribution in [-0.4, -0.2) is 12.3 Å². The van der Waals surface area contributed by atoms with Crippen molar-refractivity contribution >= 4 is 11.5 Å². The molecule has 14 heavy (non-hydrogen) atoms. The second-order valence-corrected chi connectivity index (χ2v) is 3.74. The molecule has 2 nitrogen and oxygen atoms in total. The number of fused-ring (bicyclic) bond motifs is 1. The van der Waals surface area contributed by atoms with Gasteiger partial charge in [-0.25, -0.2) is 0 Å². The molecule has 1 aliphatic heterocycles. The Bertz CT molecular complexity index is 357. The highest BCUT2D eigenvalue weighted by Gasteiger charge is 2.12. The molecular formula is C12H15NO. The fraction of sp³-hybridized carbons (Fsp3) is 0.417. The molecule has 0 atom stereocenters. The van der Waals surface area contributed by atoms with Gasteiger partial charge in [-0.15, -0.1) is 0 Å². The van der Waals surface area contributed by atoms with Crippen molar-refractivity contribution in [1.29, 1.82) is 0 Å². The Morgan fingerprint density at radius 2 is 2.29 bits per heavy atom. The van der Waals surface area contributed by atoms with Crippen LogP contribution in [0.1, 0.15) is 24.5 Å². The Balaban J connectivity index is 2.36. The van der Waals surface area contributed by atoms with E-state index >= 15 is 0 Å². The topological polar surface area (TPSA) is 29.1 Å². The highest BCUT2D eigenvalue weighted by Crippen LogP contribution is 2.21. The van der Waals surface area contributed by atoms with Crippen LogP contribution in [-0.2, 0) is 17.6 Å². The van der Waals surface area contributed by atoms with Gasteiger partial charge >= 0.3 is 0 Å². The summed E-state index contributed by atoms with van der Waals surface area (Å²) >= 11 is 0. The van der Waals surface area contributed by atoms with Crippen LogP contribution in [0.3, 0.4) is 0 Å². The van der Waals surface area contributed by atoms with Gasteiger partial charge in [0.2, 0.25) is 0 Å². The number of rotatable bonds is 1. The monoisotopic (exact) mass is 189 g/mol. The Morgan fingerprint density at radius 3 is 3.07 bits per heavy atom. The first-order valence-electron chi connectivity index (χ1n) is 5.17. The standard InChI is InChI=1S/C12H15NO/c1-2-9-3-4-12-10(7-9)8-11(14)5-6-13-12/h3-4,7,13H,2,5-6,8H2,1H3. The predicted molar refractivity (Wildman–Crippen MR) is 57.6 cm³/mol. The molecule has 0 radical (unpaired) electrons. The third kappa shape index (κ3) is 1.79. The van der Waals surface area contributed by atoms with Crippen LogP contribution in [0.15, 0.2) is 18.2 Å². The smallest absolute Gasteiger partial charge is 0.139 e. The molecule has 2 rings (SSSR count). The Kier molecular flexibility index (Phi) is 2.53. The third-order valence-electron chi connectivity index (χ3n) is 2.68.